The zero-order valence-corrected chi connectivity index (χ0v) is 13.3. The fourth-order valence-corrected chi connectivity index (χ4v) is 2.65. The van der Waals surface area contributed by atoms with Crippen LogP contribution in [0, 0.1) is 0 Å². The summed E-state index contributed by atoms with van der Waals surface area (Å²) in [6.07, 6.45) is 4.94. The highest BCUT2D eigenvalue weighted by atomic mass is 14.9. The number of rotatable bonds is 8. The second-order valence-corrected chi connectivity index (χ2v) is 5.64. The lowest BCUT2D eigenvalue weighted by molar-refractivity contribution is 0.481. The van der Waals surface area contributed by atoms with Crippen molar-refractivity contribution >= 4 is 0 Å². The molecule has 0 bridgehead atoms. The number of nitrogens with one attached hydrogen (secondary N) is 1. The van der Waals surface area contributed by atoms with E-state index < -0.39 is 0 Å². The lowest BCUT2D eigenvalue weighted by Crippen LogP contribution is -2.22. The summed E-state index contributed by atoms with van der Waals surface area (Å²) in [5.41, 5.74) is 4.00. The maximum absolute atomic E-state index is 3.68. The molecule has 1 atom stereocenters. The van der Waals surface area contributed by atoms with E-state index in [0.29, 0.717) is 6.04 Å². The molecule has 2 aromatic carbocycles. The van der Waals surface area contributed by atoms with Crippen LogP contribution in [-0.4, -0.2) is 6.54 Å². The van der Waals surface area contributed by atoms with Gasteiger partial charge in [0, 0.05) is 6.04 Å². The van der Waals surface area contributed by atoms with Gasteiger partial charge in [-0.2, -0.15) is 0 Å². The molecule has 0 saturated carbocycles. The molecule has 0 spiro atoms. The molecule has 0 aliphatic heterocycles. The SMILES string of the molecule is CCCCC(NCCC)c1ccc(-c2ccccc2)cc1. The third-order valence-corrected chi connectivity index (χ3v) is 3.91. The summed E-state index contributed by atoms with van der Waals surface area (Å²) in [5.74, 6) is 0. The van der Waals surface area contributed by atoms with Crippen LogP contribution in [-0.2, 0) is 0 Å². The Bertz CT molecular complexity index is 493. The summed E-state index contributed by atoms with van der Waals surface area (Å²) in [7, 11) is 0. The predicted octanol–water partition coefficient (Wildman–Crippen LogP) is 5.58. The van der Waals surface area contributed by atoms with Gasteiger partial charge in [-0.05, 0) is 36.1 Å². The zero-order chi connectivity index (χ0) is 14.9. The Kier molecular flexibility index (Phi) is 6.49. The van der Waals surface area contributed by atoms with Crippen molar-refractivity contribution in [2.45, 2.75) is 45.6 Å². The second-order valence-electron chi connectivity index (χ2n) is 5.64. The highest BCUT2D eigenvalue weighted by Crippen LogP contribution is 2.24. The van der Waals surface area contributed by atoms with Crippen molar-refractivity contribution in [2.24, 2.45) is 0 Å². The molecule has 1 N–H and O–H groups in total. The third kappa shape index (κ3) is 4.71. The molecular formula is C20H27N. The van der Waals surface area contributed by atoms with Crippen molar-refractivity contribution in [1.29, 1.82) is 0 Å². The zero-order valence-electron chi connectivity index (χ0n) is 13.3. The van der Waals surface area contributed by atoms with Gasteiger partial charge in [-0.1, -0.05) is 81.3 Å². The molecule has 2 rings (SSSR count). The van der Waals surface area contributed by atoms with Crippen molar-refractivity contribution < 1.29 is 0 Å². The van der Waals surface area contributed by atoms with Crippen LogP contribution < -0.4 is 5.32 Å². The lowest BCUT2D eigenvalue weighted by atomic mass is 9.97. The Morgan fingerprint density at radius 1 is 0.810 bits per heavy atom. The summed E-state index contributed by atoms with van der Waals surface area (Å²) in [6, 6.07) is 20.1. The second kappa shape index (κ2) is 8.63. The van der Waals surface area contributed by atoms with E-state index in [1.54, 1.807) is 0 Å². The van der Waals surface area contributed by atoms with Crippen LogP contribution in [0.1, 0.15) is 51.1 Å². The van der Waals surface area contributed by atoms with Crippen LogP contribution in [0.15, 0.2) is 54.6 Å². The van der Waals surface area contributed by atoms with Crippen molar-refractivity contribution in [2.75, 3.05) is 6.54 Å². The van der Waals surface area contributed by atoms with Gasteiger partial charge in [0.05, 0.1) is 0 Å². The monoisotopic (exact) mass is 281 g/mol. The topological polar surface area (TPSA) is 12.0 Å². The minimum absolute atomic E-state index is 0.495. The van der Waals surface area contributed by atoms with Crippen LogP contribution in [0.2, 0.25) is 0 Å². The van der Waals surface area contributed by atoms with Gasteiger partial charge in [0.25, 0.3) is 0 Å². The molecule has 1 unspecified atom stereocenters. The maximum atomic E-state index is 3.68. The molecule has 0 amide bonds. The molecule has 112 valence electrons. The molecule has 0 aliphatic carbocycles. The molecule has 0 radical (unpaired) electrons. The fourth-order valence-electron chi connectivity index (χ4n) is 2.65. The highest BCUT2D eigenvalue weighted by molar-refractivity contribution is 5.63. The van der Waals surface area contributed by atoms with E-state index in [4.69, 9.17) is 0 Å². The standard InChI is InChI=1S/C20H27N/c1-3-5-11-20(21-16-4-2)19-14-12-18(13-15-19)17-9-7-6-8-10-17/h6-10,12-15,20-21H,3-5,11,16H2,1-2H3. The van der Waals surface area contributed by atoms with Crippen LogP contribution in [0.3, 0.4) is 0 Å². The summed E-state index contributed by atoms with van der Waals surface area (Å²) < 4.78 is 0. The number of hydrogen-bond donors (Lipinski definition) is 1. The number of unbranched alkanes of at least 4 members (excludes halogenated alkanes) is 1. The van der Waals surface area contributed by atoms with Crippen LogP contribution in [0.4, 0.5) is 0 Å². The lowest BCUT2D eigenvalue weighted by Gasteiger charge is -2.19. The quantitative estimate of drug-likeness (QED) is 0.665. The minimum Gasteiger partial charge on any atom is -0.310 e. The van der Waals surface area contributed by atoms with Crippen molar-refractivity contribution in [3.05, 3.63) is 60.2 Å². The summed E-state index contributed by atoms with van der Waals surface area (Å²) in [4.78, 5) is 0. The van der Waals surface area contributed by atoms with Gasteiger partial charge >= 0.3 is 0 Å². The van der Waals surface area contributed by atoms with Crippen LogP contribution in [0.5, 0.6) is 0 Å². The van der Waals surface area contributed by atoms with E-state index in [-0.39, 0.29) is 0 Å². The Balaban J connectivity index is 2.11. The Hall–Kier alpha value is -1.60. The average Bonchev–Trinajstić information content (AvgIpc) is 2.56. The summed E-state index contributed by atoms with van der Waals surface area (Å²) >= 11 is 0. The van der Waals surface area contributed by atoms with Gasteiger partial charge in [-0.3, -0.25) is 0 Å². The number of benzene rings is 2. The van der Waals surface area contributed by atoms with Crippen molar-refractivity contribution in [3.8, 4) is 11.1 Å². The largest absolute Gasteiger partial charge is 0.310 e. The maximum Gasteiger partial charge on any atom is 0.0320 e. The average molecular weight is 281 g/mol. The van der Waals surface area contributed by atoms with Crippen molar-refractivity contribution in [1.82, 2.24) is 5.32 Å². The number of hydrogen-bond acceptors (Lipinski definition) is 1. The molecule has 21 heavy (non-hydrogen) atoms. The first-order valence-corrected chi connectivity index (χ1v) is 8.24. The minimum atomic E-state index is 0.495. The smallest absolute Gasteiger partial charge is 0.0320 e. The molecular weight excluding hydrogens is 254 g/mol. The fraction of sp³-hybridized carbons (Fsp3) is 0.400. The van der Waals surface area contributed by atoms with Crippen molar-refractivity contribution in [3.63, 3.8) is 0 Å². The van der Waals surface area contributed by atoms with Crippen LogP contribution >= 0.6 is 0 Å². The molecule has 0 aromatic heterocycles. The van der Waals surface area contributed by atoms with E-state index in [2.05, 4.69) is 73.8 Å². The van der Waals surface area contributed by atoms with Gasteiger partial charge in [0.15, 0.2) is 0 Å². The van der Waals surface area contributed by atoms with Crippen LogP contribution in [0.25, 0.3) is 11.1 Å². The molecule has 1 nitrogen and oxygen atoms in total. The van der Waals surface area contributed by atoms with E-state index in [1.165, 1.54) is 42.4 Å². The third-order valence-electron chi connectivity index (χ3n) is 3.91. The molecule has 0 heterocycles. The molecule has 2 aromatic rings. The predicted molar refractivity (Wildman–Crippen MR) is 92.4 cm³/mol. The van der Waals surface area contributed by atoms with Gasteiger partial charge < -0.3 is 5.32 Å². The highest BCUT2D eigenvalue weighted by Gasteiger charge is 2.10. The summed E-state index contributed by atoms with van der Waals surface area (Å²) in [5, 5.41) is 3.68. The molecule has 0 saturated heterocycles. The molecule has 1 heteroatoms. The van der Waals surface area contributed by atoms with Gasteiger partial charge in [0.2, 0.25) is 0 Å². The summed E-state index contributed by atoms with van der Waals surface area (Å²) in [6.45, 7) is 5.58. The molecule has 0 fully saturated rings. The first kappa shape index (κ1) is 15.8. The van der Waals surface area contributed by atoms with Gasteiger partial charge in [0.1, 0.15) is 0 Å². The Morgan fingerprint density at radius 2 is 1.48 bits per heavy atom. The van der Waals surface area contributed by atoms with E-state index in [0.717, 1.165) is 6.54 Å². The Morgan fingerprint density at radius 3 is 2.10 bits per heavy atom. The van der Waals surface area contributed by atoms with E-state index in [1.807, 2.05) is 0 Å². The first-order chi connectivity index (χ1) is 10.3. The first-order valence-electron chi connectivity index (χ1n) is 8.24. The van der Waals surface area contributed by atoms with E-state index in [9.17, 15) is 0 Å². The molecule has 0 aliphatic rings. The van der Waals surface area contributed by atoms with E-state index >= 15 is 0 Å². The van der Waals surface area contributed by atoms with Gasteiger partial charge in [-0.25, -0.2) is 0 Å². The normalized spacial score (nSPS) is 12.3. The Labute approximate surface area is 129 Å². The van der Waals surface area contributed by atoms with Gasteiger partial charge in [-0.15, -0.1) is 0 Å².